The summed E-state index contributed by atoms with van der Waals surface area (Å²) in [6.07, 6.45) is 3.51. The smallest absolute Gasteiger partial charge is 0.267 e. The second kappa shape index (κ2) is 5.34. The van der Waals surface area contributed by atoms with Crippen molar-refractivity contribution < 1.29 is 4.79 Å². The highest BCUT2D eigenvalue weighted by molar-refractivity contribution is 5.91. The average molecular weight is 257 g/mol. The summed E-state index contributed by atoms with van der Waals surface area (Å²) in [5.41, 5.74) is 13.8. The second-order valence-electron chi connectivity index (χ2n) is 4.15. The molecule has 5 N–H and O–H groups in total. The Morgan fingerprint density at radius 1 is 1.37 bits per heavy atom. The van der Waals surface area contributed by atoms with Gasteiger partial charge < -0.3 is 16.8 Å². The van der Waals surface area contributed by atoms with Gasteiger partial charge >= 0.3 is 0 Å². The van der Waals surface area contributed by atoms with Gasteiger partial charge in [-0.25, -0.2) is 4.98 Å². The number of carbonyl (C=O) groups is 1. The van der Waals surface area contributed by atoms with E-state index in [1.807, 2.05) is 13.0 Å². The van der Waals surface area contributed by atoms with E-state index in [4.69, 9.17) is 11.5 Å². The SMILES string of the molecule is Cc1cnccc1CNc1nc(C(N)=O)ccc1N. The predicted octanol–water partition coefficient (Wildman–Crippen LogP) is 1.08. The van der Waals surface area contributed by atoms with Gasteiger partial charge in [0.1, 0.15) is 11.5 Å². The molecule has 6 nitrogen and oxygen atoms in total. The van der Waals surface area contributed by atoms with E-state index in [1.54, 1.807) is 18.5 Å². The van der Waals surface area contributed by atoms with E-state index >= 15 is 0 Å². The Morgan fingerprint density at radius 3 is 2.84 bits per heavy atom. The molecule has 1 amide bonds. The van der Waals surface area contributed by atoms with Gasteiger partial charge in [-0.2, -0.15) is 0 Å². The quantitative estimate of drug-likeness (QED) is 0.759. The first-order valence-corrected chi connectivity index (χ1v) is 5.77. The summed E-state index contributed by atoms with van der Waals surface area (Å²) in [6, 6.07) is 5.02. The molecule has 2 aromatic rings. The van der Waals surface area contributed by atoms with Crippen LogP contribution in [0.25, 0.3) is 0 Å². The van der Waals surface area contributed by atoms with Crippen LogP contribution in [0.4, 0.5) is 11.5 Å². The number of hydrogen-bond acceptors (Lipinski definition) is 5. The van der Waals surface area contributed by atoms with Gasteiger partial charge in [-0.15, -0.1) is 0 Å². The number of pyridine rings is 2. The van der Waals surface area contributed by atoms with E-state index in [2.05, 4.69) is 15.3 Å². The molecule has 6 heteroatoms. The minimum atomic E-state index is -0.580. The van der Waals surface area contributed by atoms with Gasteiger partial charge in [0.15, 0.2) is 0 Å². The maximum Gasteiger partial charge on any atom is 0.267 e. The molecule has 0 unspecified atom stereocenters. The van der Waals surface area contributed by atoms with E-state index in [0.717, 1.165) is 11.1 Å². The summed E-state index contributed by atoms with van der Waals surface area (Å²) >= 11 is 0. The molecule has 0 aliphatic rings. The topological polar surface area (TPSA) is 107 Å². The molecular formula is C13H15N5O. The molecule has 0 aromatic carbocycles. The molecule has 2 aromatic heterocycles. The Bertz CT molecular complexity index is 612. The number of amides is 1. The van der Waals surface area contributed by atoms with Crippen LogP contribution in [-0.4, -0.2) is 15.9 Å². The van der Waals surface area contributed by atoms with Crippen molar-refractivity contribution in [2.75, 3.05) is 11.1 Å². The highest BCUT2D eigenvalue weighted by atomic mass is 16.1. The van der Waals surface area contributed by atoms with E-state index in [9.17, 15) is 4.79 Å². The van der Waals surface area contributed by atoms with Crippen molar-refractivity contribution in [2.24, 2.45) is 5.73 Å². The number of aryl methyl sites for hydroxylation is 1. The zero-order chi connectivity index (χ0) is 13.8. The molecule has 2 heterocycles. The zero-order valence-electron chi connectivity index (χ0n) is 10.6. The van der Waals surface area contributed by atoms with E-state index in [1.165, 1.54) is 6.07 Å². The lowest BCUT2D eigenvalue weighted by Gasteiger charge is -2.10. The first-order chi connectivity index (χ1) is 9.08. The number of primary amides is 1. The number of aromatic nitrogens is 2. The van der Waals surface area contributed by atoms with Crippen LogP contribution in [0.5, 0.6) is 0 Å². The highest BCUT2D eigenvalue weighted by Gasteiger charge is 2.07. The summed E-state index contributed by atoms with van der Waals surface area (Å²) in [4.78, 5) is 19.2. The number of anilines is 2. The number of rotatable bonds is 4. The van der Waals surface area contributed by atoms with Crippen molar-refractivity contribution in [2.45, 2.75) is 13.5 Å². The van der Waals surface area contributed by atoms with Gasteiger partial charge in [-0.1, -0.05) is 0 Å². The van der Waals surface area contributed by atoms with Crippen LogP contribution in [0, 0.1) is 6.92 Å². The molecule has 0 bridgehead atoms. The van der Waals surface area contributed by atoms with Gasteiger partial charge in [0.25, 0.3) is 5.91 Å². The monoisotopic (exact) mass is 257 g/mol. The number of nitrogens with zero attached hydrogens (tertiary/aromatic N) is 2. The van der Waals surface area contributed by atoms with Gasteiger partial charge in [-0.3, -0.25) is 9.78 Å². The van der Waals surface area contributed by atoms with Gasteiger partial charge in [0, 0.05) is 18.9 Å². The number of nitrogens with two attached hydrogens (primary N) is 2. The van der Waals surface area contributed by atoms with Crippen molar-refractivity contribution >= 4 is 17.4 Å². The summed E-state index contributed by atoms with van der Waals surface area (Å²) < 4.78 is 0. The third-order valence-electron chi connectivity index (χ3n) is 2.76. The predicted molar refractivity (Wildman–Crippen MR) is 73.5 cm³/mol. The number of nitrogen functional groups attached to an aromatic ring is 1. The third kappa shape index (κ3) is 2.98. The summed E-state index contributed by atoms with van der Waals surface area (Å²) in [5.74, 6) is -0.129. The normalized spacial score (nSPS) is 10.2. The van der Waals surface area contributed by atoms with Crippen LogP contribution < -0.4 is 16.8 Å². The molecule has 0 aliphatic heterocycles. The molecule has 0 saturated heterocycles. The first-order valence-electron chi connectivity index (χ1n) is 5.77. The summed E-state index contributed by atoms with van der Waals surface area (Å²) in [5, 5.41) is 3.09. The van der Waals surface area contributed by atoms with Gasteiger partial charge in [0.05, 0.1) is 5.69 Å². The minimum Gasteiger partial charge on any atom is -0.396 e. The largest absolute Gasteiger partial charge is 0.396 e. The molecule has 98 valence electrons. The molecule has 0 aliphatic carbocycles. The minimum absolute atomic E-state index is 0.183. The standard InChI is InChI=1S/C13H15N5O/c1-8-6-16-5-4-9(8)7-17-13-10(14)2-3-11(18-13)12(15)19/h2-6H,7,14H2,1H3,(H2,15,19)(H,17,18). The van der Waals surface area contributed by atoms with Crippen LogP contribution in [0.3, 0.4) is 0 Å². The molecule has 0 atom stereocenters. The fourth-order valence-electron chi connectivity index (χ4n) is 1.63. The van der Waals surface area contributed by atoms with E-state index in [-0.39, 0.29) is 5.69 Å². The Balaban J connectivity index is 2.17. The van der Waals surface area contributed by atoms with Crippen LogP contribution >= 0.6 is 0 Å². The van der Waals surface area contributed by atoms with Gasteiger partial charge in [-0.05, 0) is 36.2 Å². The number of hydrogen-bond donors (Lipinski definition) is 3. The molecule has 0 radical (unpaired) electrons. The zero-order valence-corrected chi connectivity index (χ0v) is 10.6. The van der Waals surface area contributed by atoms with Crippen molar-refractivity contribution in [3.63, 3.8) is 0 Å². The van der Waals surface area contributed by atoms with Crippen LogP contribution in [0.2, 0.25) is 0 Å². The lowest BCUT2D eigenvalue weighted by molar-refractivity contribution is 0.0996. The van der Waals surface area contributed by atoms with E-state index < -0.39 is 5.91 Å². The van der Waals surface area contributed by atoms with Gasteiger partial charge in [0.2, 0.25) is 0 Å². The summed E-state index contributed by atoms with van der Waals surface area (Å²) in [6.45, 7) is 2.52. The second-order valence-corrected chi connectivity index (χ2v) is 4.15. The average Bonchev–Trinajstić information content (AvgIpc) is 2.39. The Morgan fingerprint density at radius 2 is 2.16 bits per heavy atom. The maximum absolute atomic E-state index is 11.1. The van der Waals surface area contributed by atoms with Crippen molar-refractivity contribution in [3.8, 4) is 0 Å². The molecule has 2 rings (SSSR count). The molecule has 0 fully saturated rings. The van der Waals surface area contributed by atoms with Crippen LogP contribution in [0.1, 0.15) is 21.6 Å². The first kappa shape index (κ1) is 12.8. The Labute approximate surface area is 110 Å². The Hall–Kier alpha value is -2.63. The fourth-order valence-corrected chi connectivity index (χ4v) is 1.63. The number of nitrogens with one attached hydrogen (secondary N) is 1. The summed E-state index contributed by atoms with van der Waals surface area (Å²) in [7, 11) is 0. The number of carbonyl (C=O) groups excluding carboxylic acids is 1. The van der Waals surface area contributed by atoms with Crippen molar-refractivity contribution in [3.05, 3.63) is 47.4 Å². The highest BCUT2D eigenvalue weighted by Crippen LogP contribution is 2.17. The van der Waals surface area contributed by atoms with Crippen molar-refractivity contribution in [1.29, 1.82) is 0 Å². The lowest BCUT2D eigenvalue weighted by atomic mass is 10.1. The molecule has 19 heavy (non-hydrogen) atoms. The molecule has 0 saturated carbocycles. The maximum atomic E-state index is 11.1. The molecular weight excluding hydrogens is 242 g/mol. The molecule has 0 spiro atoms. The Kier molecular flexibility index (Phi) is 3.61. The van der Waals surface area contributed by atoms with Crippen molar-refractivity contribution in [1.82, 2.24) is 9.97 Å². The third-order valence-corrected chi connectivity index (χ3v) is 2.76. The van der Waals surface area contributed by atoms with E-state index in [0.29, 0.717) is 18.1 Å². The fraction of sp³-hybridized carbons (Fsp3) is 0.154. The van der Waals surface area contributed by atoms with Crippen LogP contribution in [-0.2, 0) is 6.54 Å². The van der Waals surface area contributed by atoms with Crippen LogP contribution in [0.15, 0.2) is 30.6 Å². The lowest BCUT2D eigenvalue weighted by Crippen LogP contribution is -2.15.